The molecule has 0 spiro atoms. The number of hydrogen-bond acceptors (Lipinski definition) is 10. The molecule has 0 radical (unpaired) electrons. The molecule has 3 rings (SSSR count). The van der Waals surface area contributed by atoms with E-state index in [2.05, 4.69) is 0 Å². The zero-order valence-electron chi connectivity index (χ0n) is 16.8. The topological polar surface area (TPSA) is 166 Å². The fraction of sp³-hybridized carbons (Fsp3) is 0.318. The molecule has 10 nitrogen and oxygen atoms in total. The van der Waals surface area contributed by atoms with Crippen molar-refractivity contribution in [3.63, 3.8) is 0 Å². The molecule has 0 bridgehead atoms. The number of hydrogen-bond donors (Lipinski definition) is 6. The third kappa shape index (κ3) is 5.75. The molecule has 1 aliphatic rings. The van der Waals surface area contributed by atoms with Crippen LogP contribution in [0.2, 0.25) is 0 Å². The Balaban J connectivity index is 1.67. The molecule has 1 fully saturated rings. The average Bonchev–Trinajstić information content (AvgIpc) is 2.78. The summed E-state index contributed by atoms with van der Waals surface area (Å²) in [6.07, 6.45) is -4.67. The van der Waals surface area contributed by atoms with E-state index in [4.69, 9.17) is 14.2 Å². The number of aromatic hydroxyl groups is 2. The van der Waals surface area contributed by atoms with Crippen LogP contribution in [0, 0.1) is 0 Å². The van der Waals surface area contributed by atoms with E-state index in [1.165, 1.54) is 42.5 Å². The van der Waals surface area contributed by atoms with E-state index in [0.717, 1.165) is 0 Å². The summed E-state index contributed by atoms with van der Waals surface area (Å²) < 4.78 is 16.1. The first-order chi connectivity index (χ1) is 15.3. The summed E-state index contributed by atoms with van der Waals surface area (Å²) in [4.78, 5) is 12.0. The van der Waals surface area contributed by atoms with Crippen LogP contribution in [0.4, 0.5) is 0 Å². The Hall–Kier alpha value is -3.15. The lowest BCUT2D eigenvalue weighted by Gasteiger charge is -2.39. The number of phenolic OH excluding ortho intramolecular Hbond substituents is 2. The second-order valence-electron chi connectivity index (χ2n) is 7.14. The quantitative estimate of drug-likeness (QED) is 0.251. The third-order valence-corrected chi connectivity index (χ3v) is 4.81. The van der Waals surface area contributed by atoms with E-state index in [1.54, 1.807) is 12.1 Å². The molecule has 1 aliphatic heterocycles. The fourth-order valence-electron chi connectivity index (χ4n) is 3.03. The highest BCUT2D eigenvalue weighted by molar-refractivity contribution is 5.87. The molecule has 5 atom stereocenters. The molecule has 0 saturated carbocycles. The highest BCUT2D eigenvalue weighted by atomic mass is 16.7. The van der Waals surface area contributed by atoms with Crippen LogP contribution in [0.3, 0.4) is 0 Å². The predicted molar refractivity (Wildman–Crippen MR) is 109 cm³/mol. The second-order valence-corrected chi connectivity index (χ2v) is 7.14. The molecule has 1 heterocycles. The fourth-order valence-corrected chi connectivity index (χ4v) is 3.03. The van der Waals surface area contributed by atoms with Crippen LogP contribution in [0.1, 0.15) is 11.1 Å². The Morgan fingerprint density at radius 2 is 1.66 bits per heavy atom. The Labute approximate surface area is 183 Å². The predicted octanol–water partition coefficient (Wildman–Crippen LogP) is 0.0331. The lowest BCUT2D eigenvalue weighted by Crippen LogP contribution is -2.60. The molecule has 0 amide bonds. The number of carbonyl (C=O) groups excluding carboxylic acids is 1. The van der Waals surface area contributed by atoms with Crippen LogP contribution >= 0.6 is 0 Å². The van der Waals surface area contributed by atoms with E-state index in [0.29, 0.717) is 5.56 Å². The standard InChI is InChI=1S/C22H24O10/c23-10-17-19(27)20(28)21(29)22(32-17)31-16-7-6-15(25)9-13(16)11-30-18(26)8-3-12-1-4-14(24)5-2-12/h1-9,17,19-25,27-29H,10-11H2/b8-3+/t17-,19-,20+,21-,22-/m1/s1. The van der Waals surface area contributed by atoms with Crippen molar-refractivity contribution in [2.45, 2.75) is 37.3 Å². The van der Waals surface area contributed by atoms with E-state index in [1.807, 2.05) is 0 Å². The van der Waals surface area contributed by atoms with Gasteiger partial charge >= 0.3 is 5.97 Å². The minimum atomic E-state index is -1.62. The molecule has 0 unspecified atom stereocenters. The van der Waals surface area contributed by atoms with Gasteiger partial charge in [-0.15, -0.1) is 0 Å². The molecule has 10 heteroatoms. The van der Waals surface area contributed by atoms with Gasteiger partial charge in [0.1, 0.15) is 48.3 Å². The molecule has 6 N–H and O–H groups in total. The van der Waals surface area contributed by atoms with Gasteiger partial charge in [-0.05, 0) is 42.0 Å². The summed E-state index contributed by atoms with van der Waals surface area (Å²) >= 11 is 0. The Morgan fingerprint density at radius 3 is 2.34 bits per heavy atom. The van der Waals surface area contributed by atoms with Crippen LogP contribution < -0.4 is 4.74 Å². The van der Waals surface area contributed by atoms with Crippen LogP contribution in [-0.4, -0.2) is 73.9 Å². The summed E-state index contributed by atoms with van der Waals surface area (Å²) in [5.41, 5.74) is 0.914. The Morgan fingerprint density at radius 1 is 0.969 bits per heavy atom. The maximum atomic E-state index is 12.0. The number of phenols is 2. The van der Waals surface area contributed by atoms with Crippen molar-refractivity contribution >= 4 is 12.0 Å². The van der Waals surface area contributed by atoms with Gasteiger partial charge in [-0.2, -0.15) is 0 Å². The van der Waals surface area contributed by atoms with Crippen LogP contribution in [-0.2, 0) is 20.9 Å². The summed E-state index contributed by atoms with van der Waals surface area (Å²) in [6.45, 7) is -0.905. The Kier molecular flexibility index (Phi) is 7.67. The number of rotatable bonds is 7. The van der Waals surface area contributed by atoms with Crippen molar-refractivity contribution in [2.24, 2.45) is 0 Å². The van der Waals surface area contributed by atoms with Gasteiger partial charge < -0.3 is 44.8 Å². The number of ether oxygens (including phenoxy) is 3. The normalized spacial score (nSPS) is 25.6. The highest BCUT2D eigenvalue weighted by Crippen LogP contribution is 2.29. The van der Waals surface area contributed by atoms with Crippen molar-refractivity contribution < 1.29 is 49.6 Å². The smallest absolute Gasteiger partial charge is 0.331 e. The zero-order valence-corrected chi connectivity index (χ0v) is 16.8. The van der Waals surface area contributed by atoms with Crippen molar-refractivity contribution in [1.29, 1.82) is 0 Å². The van der Waals surface area contributed by atoms with Gasteiger partial charge in [-0.1, -0.05) is 12.1 Å². The summed E-state index contributed by atoms with van der Waals surface area (Å²) in [5.74, 6) is -0.625. The van der Waals surface area contributed by atoms with Crippen LogP contribution in [0.15, 0.2) is 48.5 Å². The number of aliphatic hydroxyl groups excluding tert-OH is 4. The Bertz CT molecular complexity index is 940. The van der Waals surface area contributed by atoms with Gasteiger partial charge in [0, 0.05) is 11.6 Å². The van der Waals surface area contributed by atoms with E-state index >= 15 is 0 Å². The molecule has 1 saturated heterocycles. The van der Waals surface area contributed by atoms with Gasteiger partial charge in [0.05, 0.1) is 6.61 Å². The molecule has 0 aromatic heterocycles. The van der Waals surface area contributed by atoms with Crippen molar-refractivity contribution in [3.05, 3.63) is 59.7 Å². The number of benzene rings is 2. The lowest BCUT2D eigenvalue weighted by molar-refractivity contribution is -0.277. The van der Waals surface area contributed by atoms with Gasteiger partial charge in [0.25, 0.3) is 0 Å². The van der Waals surface area contributed by atoms with E-state index < -0.39 is 43.3 Å². The van der Waals surface area contributed by atoms with E-state index in [-0.39, 0.29) is 29.4 Å². The molecule has 172 valence electrons. The lowest BCUT2D eigenvalue weighted by atomic mass is 9.99. The monoisotopic (exact) mass is 448 g/mol. The molecular weight excluding hydrogens is 424 g/mol. The largest absolute Gasteiger partial charge is 0.508 e. The first kappa shape index (κ1) is 23.5. The average molecular weight is 448 g/mol. The van der Waals surface area contributed by atoms with Gasteiger partial charge in [-0.25, -0.2) is 4.79 Å². The first-order valence-electron chi connectivity index (χ1n) is 9.71. The minimum absolute atomic E-state index is 0.0856. The maximum Gasteiger partial charge on any atom is 0.331 e. The maximum absolute atomic E-state index is 12.0. The molecule has 0 aliphatic carbocycles. The second kappa shape index (κ2) is 10.4. The van der Waals surface area contributed by atoms with Crippen molar-refractivity contribution in [1.82, 2.24) is 0 Å². The van der Waals surface area contributed by atoms with Gasteiger partial charge in [0.15, 0.2) is 0 Å². The zero-order chi connectivity index (χ0) is 23.3. The number of esters is 1. The highest BCUT2D eigenvalue weighted by Gasteiger charge is 2.44. The van der Waals surface area contributed by atoms with Crippen molar-refractivity contribution in [2.75, 3.05) is 6.61 Å². The summed E-state index contributed by atoms with van der Waals surface area (Å²) in [7, 11) is 0. The SMILES string of the molecule is O=C(/C=C/c1ccc(O)cc1)OCc1cc(O)ccc1O[C@@H]1O[C@H](CO)[C@@H](O)[C@H](O)[C@H]1O. The minimum Gasteiger partial charge on any atom is -0.508 e. The molecular formula is C22H24O10. The van der Waals surface area contributed by atoms with Gasteiger partial charge in [-0.3, -0.25) is 0 Å². The first-order valence-corrected chi connectivity index (χ1v) is 9.71. The molecule has 2 aromatic rings. The van der Waals surface area contributed by atoms with E-state index in [9.17, 15) is 35.4 Å². The van der Waals surface area contributed by atoms with Crippen LogP contribution in [0.25, 0.3) is 6.08 Å². The van der Waals surface area contributed by atoms with Crippen molar-refractivity contribution in [3.8, 4) is 17.2 Å². The number of carbonyl (C=O) groups is 1. The molecule has 2 aromatic carbocycles. The molecule has 32 heavy (non-hydrogen) atoms. The van der Waals surface area contributed by atoms with Crippen LogP contribution in [0.5, 0.6) is 17.2 Å². The van der Waals surface area contributed by atoms with Gasteiger partial charge in [0.2, 0.25) is 6.29 Å². The summed E-state index contributed by atoms with van der Waals surface area (Å²) in [5, 5.41) is 58.2. The third-order valence-electron chi connectivity index (χ3n) is 4.81. The summed E-state index contributed by atoms with van der Waals surface area (Å²) in [6, 6.07) is 10.1. The number of aliphatic hydroxyl groups is 4.